The number of fused-ring (bicyclic) bond motifs is 1. The number of aromatic nitrogens is 1. The number of hydrogen-bond donors (Lipinski definition) is 1. The maximum atomic E-state index is 5.72. The molecule has 1 aromatic rings. The summed E-state index contributed by atoms with van der Waals surface area (Å²) >= 11 is 5.72. The van der Waals surface area contributed by atoms with Gasteiger partial charge in [0.1, 0.15) is 6.61 Å². The molecule has 0 amide bonds. The van der Waals surface area contributed by atoms with Crippen LogP contribution in [0.2, 0.25) is 5.02 Å². The van der Waals surface area contributed by atoms with Gasteiger partial charge in [-0.15, -0.1) is 0 Å². The summed E-state index contributed by atoms with van der Waals surface area (Å²) in [6, 6.07) is 1.81. The first kappa shape index (κ1) is 6.73. The van der Waals surface area contributed by atoms with Crippen LogP contribution in [0.15, 0.2) is 12.3 Å². The summed E-state index contributed by atoms with van der Waals surface area (Å²) in [6.45, 7) is 1.48. The van der Waals surface area contributed by atoms with Crippen LogP contribution >= 0.6 is 11.6 Å². The first-order chi connectivity index (χ1) is 5.36. The highest BCUT2D eigenvalue weighted by molar-refractivity contribution is 6.30. The third-order valence-electron chi connectivity index (χ3n) is 1.47. The van der Waals surface area contributed by atoms with Crippen LogP contribution in [0.1, 0.15) is 0 Å². The first-order valence-corrected chi connectivity index (χ1v) is 3.76. The Bertz CT molecular complexity index is 277. The average molecular weight is 171 g/mol. The molecule has 0 aromatic carbocycles. The molecule has 4 heteroatoms. The fraction of sp³-hybridized carbons (Fsp3) is 0.286. The largest absolute Gasteiger partial charge is 0.474 e. The van der Waals surface area contributed by atoms with Crippen molar-refractivity contribution in [1.29, 1.82) is 0 Å². The normalized spacial score (nSPS) is 14.6. The van der Waals surface area contributed by atoms with Gasteiger partial charge in [0.2, 0.25) is 5.88 Å². The molecule has 0 unspecified atom stereocenters. The van der Waals surface area contributed by atoms with Crippen molar-refractivity contribution in [3.8, 4) is 5.88 Å². The SMILES string of the molecule is Clc1cnc2c(c1)NCCO2. The summed E-state index contributed by atoms with van der Waals surface area (Å²) in [5.41, 5.74) is 0.878. The van der Waals surface area contributed by atoms with Gasteiger partial charge in [0.05, 0.1) is 10.7 Å². The van der Waals surface area contributed by atoms with E-state index in [0.717, 1.165) is 12.2 Å². The third-order valence-corrected chi connectivity index (χ3v) is 1.68. The van der Waals surface area contributed by atoms with Crippen molar-refractivity contribution >= 4 is 17.3 Å². The topological polar surface area (TPSA) is 34.2 Å². The Kier molecular flexibility index (Phi) is 1.58. The Morgan fingerprint density at radius 1 is 1.64 bits per heavy atom. The molecular formula is C7H7ClN2O. The van der Waals surface area contributed by atoms with E-state index in [0.29, 0.717) is 17.5 Å². The van der Waals surface area contributed by atoms with Gasteiger partial charge in [-0.2, -0.15) is 0 Å². The van der Waals surface area contributed by atoms with E-state index in [2.05, 4.69) is 10.3 Å². The molecule has 1 N–H and O–H groups in total. The van der Waals surface area contributed by atoms with Gasteiger partial charge in [0.15, 0.2) is 0 Å². The smallest absolute Gasteiger partial charge is 0.237 e. The summed E-state index contributed by atoms with van der Waals surface area (Å²) in [5.74, 6) is 0.639. The molecule has 0 atom stereocenters. The predicted molar refractivity (Wildman–Crippen MR) is 43.2 cm³/mol. The molecule has 0 aliphatic carbocycles. The van der Waals surface area contributed by atoms with Crippen LogP contribution in [0, 0.1) is 0 Å². The van der Waals surface area contributed by atoms with E-state index in [1.165, 1.54) is 0 Å². The third kappa shape index (κ3) is 1.24. The highest BCUT2D eigenvalue weighted by atomic mass is 35.5. The van der Waals surface area contributed by atoms with Gasteiger partial charge in [0, 0.05) is 12.7 Å². The van der Waals surface area contributed by atoms with Crippen molar-refractivity contribution in [2.24, 2.45) is 0 Å². The number of anilines is 1. The molecule has 0 radical (unpaired) electrons. The van der Waals surface area contributed by atoms with Crippen LogP contribution in [0.5, 0.6) is 5.88 Å². The van der Waals surface area contributed by atoms with Gasteiger partial charge >= 0.3 is 0 Å². The standard InChI is InChI=1S/C7H7ClN2O/c8-5-3-6-7(10-4-5)11-2-1-9-6/h3-4,9H,1-2H2. The molecule has 11 heavy (non-hydrogen) atoms. The minimum Gasteiger partial charge on any atom is -0.474 e. The molecule has 0 fully saturated rings. The number of hydrogen-bond acceptors (Lipinski definition) is 3. The molecule has 58 valence electrons. The number of ether oxygens (including phenoxy) is 1. The first-order valence-electron chi connectivity index (χ1n) is 3.38. The van der Waals surface area contributed by atoms with E-state index in [9.17, 15) is 0 Å². The minimum absolute atomic E-state index is 0.627. The highest BCUT2D eigenvalue weighted by Gasteiger charge is 2.09. The second kappa shape index (κ2) is 2.58. The zero-order chi connectivity index (χ0) is 7.68. The Morgan fingerprint density at radius 2 is 2.55 bits per heavy atom. The number of nitrogens with zero attached hydrogens (tertiary/aromatic N) is 1. The van der Waals surface area contributed by atoms with E-state index in [4.69, 9.17) is 16.3 Å². The quantitative estimate of drug-likeness (QED) is 0.642. The van der Waals surface area contributed by atoms with Crippen LogP contribution in [0.25, 0.3) is 0 Å². The molecule has 1 aliphatic rings. The fourth-order valence-electron chi connectivity index (χ4n) is 1.00. The van der Waals surface area contributed by atoms with Crippen molar-refractivity contribution in [2.75, 3.05) is 18.5 Å². The maximum absolute atomic E-state index is 5.72. The van der Waals surface area contributed by atoms with Gasteiger partial charge in [-0.1, -0.05) is 11.6 Å². The second-order valence-corrected chi connectivity index (χ2v) is 2.72. The Labute approximate surface area is 69.3 Å². The summed E-state index contributed by atoms with van der Waals surface area (Å²) in [7, 11) is 0. The lowest BCUT2D eigenvalue weighted by Gasteiger charge is -2.17. The molecule has 0 saturated heterocycles. The molecule has 2 rings (SSSR count). The lowest BCUT2D eigenvalue weighted by molar-refractivity contribution is 0.310. The minimum atomic E-state index is 0.627. The summed E-state index contributed by atoms with van der Waals surface area (Å²) < 4.78 is 5.25. The van der Waals surface area contributed by atoms with Gasteiger partial charge in [-0.25, -0.2) is 4.98 Å². The number of halogens is 1. The molecular weight excluding hydrogens is 164 g/mol. The fourth-order valence-corrected chi connectivity index (χ4v) is 1.16. The lowest BCUT2D eigenvalue weighted by Crippen LogP contribution is -2.18. The van der Waals surface area contributed by atoms with Gasteiger partial charge in [-0.3, -0.25) is 0 Å². The highest BCUT2D eigenvalue weighted by Crippen LogP contribution is 2.26. The molecule has 0 saturated carbocycles. The monoisotopic (exact) mass is 170 g/mol. The van der Waals surface area contributed by atoms with Crippen LogP contribution in [-0.4, -0.2) is 18.1 Å². The van der Waals surface area contributed by atoms with Crippen molar-refractivity contribution < 1.29 is 4.74 Å². The van der Waals surface area contributed by atoms with E-state index in [1.807, 2.05) is 6.07 Å². The summed E-state index contributed by atoms with van der Waals surface area (Å²) in [5, 5.41) is 3.76. The second-order valence-electron chi connectivity index (χ2n) is 2.28. The van der Waals surface area contributed by atoms with Crippen molar-refractivity contribution in [3.05, 3.63) is 17.3 Å². The van der Waals surface area contributed by atoms with Crippen LogP contribution in [0.3, 0.4) is 0 Å². The van der Waals surface area contributed by atoms with Gasteiger partial charge in [0.25, 0.3) is 0 Å². The van der Waals surface area contributed by atoms with Gasteiger partial charge in [-0.05, 0) is 6.07 Å². The van der Waals surface area contributed by atoms with Crippen molar-refractivity contribution in [2.45, 2.75) is 0 Å². The summed E-state index contributed by atoms with van der Waals surface area (Å²) in [4.78, 5) is 4.00. The Hall–Kier alpha value is -0.960. The number of nitrogens with one attached hydrogen (secondary N) is 1. The molecule has 3 nitrogen and oxygen atoms in total. The molecule has 1 aliphatic heterocycles. The summed E-state index contributed by atoms with van der Waals surface area (Å²) in [6.07, 6.45) is 1.58. The average Bonchev–Trinajstić information content (AvgIpc) is 2.04. The molecule has 1 aromatic heterocycles. The number of pyridine rings is 1. The molecule has 0 spiro atoms. The predicted octanol–water partition coefficient (Wildman–Crippen LogP) is 1.54. The molecule has 0 bridgehead atoms. The number of rotatable bonds is 0. The zero-order valence-corrected chi connectivity index (χ0v) is 6.56. The van der Waals surface area contributed by atoms with Crippen LogP contribution in [-0.2, 0) is 0 Å². The zero-order valence-electron chi connectivity index (χ0n) is 5.80. The van der Waals surface area contributed by atoms with Crippen molar-refractivity contribution in [3.63, 3.8) is 0 Å². The maximum Gasteiger partial charge on any atom is 0.237 e. The van der Waals surface area contributed by atoms with E-state index in [1.54, 1.807) is 6.20 Å². The van der Waals surface area contributed by atoms with Crippen molar-refractivity contribution in [1.82, 2.24) is 4.98 Å². The van der Waals surface area contributed by atoms with Gasteiger partial charge < -0.3 is 10.1 Å². The van der Waals surface area contributed by atoms with Crippen LogP contribution < -0.4 is 10.1 Å². The lowest BCUT2D eigenvalue weighted by atomic mass is 10.3. The van der Waals surface area contributed by atoms with E-state index < -0.39 is 0 Å². The van der Waals surface area contributed by atoms with Crippen LogP contribution in [0.4, 0.5) is 5.69 Å². The molecule has 2 heterocycles. The Morgan fingerprint density at radius 3 is 3.45 bits per heavy atom. The Balaban J connectivity index is 2.43. The van der Waals surface area contributed by atoms with E-state index >= 15 is 0 Å². The van der Waals surface area contributed by atoms with E-state index in [-0.39, 0.29) is 0 Å².